The third-order valence-electron chi connectivity index (χ3n) is 3.65. The summed E-state index contributed by atoms with van der Waals surface area (Å²) in [5.74, 6) is 0.587. The highest BCUT2D eigenvalue weighted by atomic mass is 79.9. The highest BCUT2D eigenvalue weighted by molar-refractivity contribution is 9.10. The van der Waals surface area contributed by atoms with E-state index < -0.39 is 0 Å². The molecule has 0 spiro atoms. The van der Waals surface area contributed by atoms with E-state index in [0.29, 0.717) is 16.5 Å². The number of amides is 1. The molecular formula is C14H17BrClNO. The number of carbonyl (C=O) groups is 1. The molecule has 1 N–H and O–H groups in total. The van der Waals surface area contributed by atoms with Gasteiger partial charge in [-0.1, -0.05) is 24.4 Å². The van der Waals surface area contributed by atoms with E-state index in [1.807, 2.05) is 0 Å². The molecule has 1 aliphatic carbocycles. The van der Waals surface area contributed by atoms with Crippen LogP contribution in [-0.2, 0) is 0 Å². The normalized spacial score (nSPS) is 17.7. The highest BCUT2D eigenvalue weighted by Crippen LogP contribution is 2.28. The molecule has 1 amide bonds. The van der Waals surface area contributed by atoms with Crippen molar-refractivity contribution in [2.75, 3.05) is 0 Å². The molecule has 1 unspecified atom stereocenters. The molecule has 0 aliphatic heterocycles. The van der Waals surface area contributed by atoms with E-state index in [1.165, 1.54) is 25.7 Å². The molecule has 1 saturated carbocycles. The molecule has 0 heterocycles. The molecule has 0 aromatic heterocycles. The van der Waals surface area contributed by atoms with Crippen molar-refractivity contribution < 1.29 is 4.79 Å². The van der Waals surface area contributed by atoms with Gasteiger partial charge in [0.05, 0.1) is 5.02 Å². The zero-order valence-corrected chi connectivity index (χ0v) is 12.7. The molecule has 98 valence electrons. The van der Waals surface area contributed by atoms with Crippen molar-refractivity contribution in [1.82, 2.24) is 5.32 Å². The Bertz CT molecular complexity index is 443. The third-order valence-corrected chi connectivity index (χ3v) is 4.88. The number of nitrogens with one attached hydrogen (secondary N) is 1. The van der Waals surface area contributed by atoms with E-state index in [9.17, 15) is 4.79 Å². The fraction of sp³-hybridized carbons (Fsp3) is 0.500. The number of hydrogen-bond acceptors (Lipinski definition) is 1. The van der Waals surface area contributed by atoms with Crippen LogP contribution in [0.5, 0.6) is 0 Å². The first-order valence-electron chi connectivity index (χ1n) is 6.34. The topological polar surface area (TPSA) is 29.1 Å². The van der Waals surface area contributed by atoms with Gasteiger partial charge in [-0.15, -0.1) is 0 Å². The number of hydrogen-bond donors (Lipinski definition) is 1. The molecule has 0 bridgehead atoms. The van der Waals surface area contributed by atoms with Gasteiger partial charge in [0.15, 0.2) is 0 Å². The zero-order chi connectivity index (χ0) is 13.1. The quantitative estimate of drug-likeness (QED) is 0.874. The summed E-state index contributed by atoms with van der Waals surface area (Å²) in [6.45, 7) is 2.09. The van der Waals surface area contributed by atoms with Crippen LogP contribution in [0, 0.1) is 5.92 Å². The molecule has 18 heavy (non-hydrogen) atoms. The van der Waals surface area contributed by atoms with Crippen molar-refractivity contribution in [3.8, 4) is 0 Å². The predicted octanol–water partition coefficient (Wildman–Crippen LogP) is 4.41. The number of halogens is 2. The molecule has 4 heteroatoms. The van der Waals surface area contributed by atoms with E-state index in [0.717, 1.165) is 4.47 Å². The van der Waals surface area contributed by atoms with Gasteiger partial charge in [0, 0.05) is 16.1 Å². The van der Waals surface area contributed by atoms with Gasteiger partial charge < -0.3 is 5.32 Å². The van der Waals surface area contributed by atoms with Crippen LogP contribution in [0.4, 0.5) is 0 Å². The average Bonchev–Trinajstić information content (AvgIpc) is 2.86. The van der Waals surface area contributed by atoms with Crippen molar-refractivity contribution in [3.63, 3.8) is 0 Å². The summed E-state index contributed by atoms with van der Waals surface area (Å²) in [6, 6.07) is 5.52. The second kappa shape index (κ2) is 6.07. The van der Waals surface area contributed by atoms with E-state index in [-0.39, 0.29) is 11.9 Å². The molecular weight excluding hydrogens is 314 g/mol. The predicted molar refractivity (Wildman–Crippen MR) is 78.0 cm³/mol. The maximum absolute atomic E-state index is 12.1. The van der Waals surface area contributed by atoms with Gasteiger partial charge in [-0.2, -0.15) is 0 Å². The van der Waals surface area contributed by atoms with E-state index in [2.05, 4.69) is 28.2 Å². The van der Waals surface area contributed by atoms with Gasteiger partial charge in [0.1, 0.15) is 0 Å². The van der Waals surface area contributed by atoms with Crippen LogP contribution in [0.15, 0.2) is 22.7 Å². The van der Waals surface area contributed by atoms with Crippen LogP contribution in [0.25, 0.3) is 0 Å². The van der Waals surface area contributed by atoms with Crippen molar-refractivity contribution in [2.24, 2.45) is 5.92 Å². The Morgan fingerprint density at radius 3 is 2.72 bits per heavy atom. The van der Waals surface area contributed by atoms with E-state index >= 15 is 0 Å². The van der Waals surface area contributed by atoms with Crippen LogP contribution in [0.3, 0.4) is 0 Å². The minimum Gasteiger partial charge on any atom is -0.349 e. The van der Waals surface area contributed by atoms with E-state index in [1.54, 1.807) is 18.2 Å². The second-order valence-electron chi connectivity index (χ2n) is 4.94. The molecule has 1 aliphatic rings. The van der Waals surface area contributed by atoms with Crippen molar-refractivity contribution in [2.45, 2.75) is 38.6 Å². The SMILES string of the molecule is CC(NC(=O)c1ccc(Br)c(Cl)c1)C1CCCC1. The lowest BCUT2D eigenvalue weighted by atomic mass is 9.99. The fourth-order valence-electron chi connectivity index (χ4n) is 2.50. The summed E-state index contributed by atoms with van der Waals surface area (Å²) in [4.78, 5) is 12.1. The minimum atomic E-state index is -0.0381. The summed E-state index contributed by atoms with van der Waals surface area (Å²) >= 11 is 9.31. The highest BCUT2D eigenvalue weighted by Gasteiger charge is 2.23. The third kappa shape index (κ3) is 3.27. The summed E-state index contributed by atoms with van der Waals surface area (Å²) < 4.78 is 0.810. The Morgan fingerprint density at radius 1 is 1.44 bits per heavy atom. The number of benzene rings is 1. The second-order valence-corrected chi connectivity index (χ2v) is 6.20. The molecule has 0 radical (unpaired) electrons. The smallest absolute Gasteiger partial charge is 0.251 e. The van der Waals surface area contributed by atoms with Gasteiger partial charge in [0.25, 0.3) is 5.91 Å². The Morgan fingerprint density at radius 2 is 2.11 bits per heavy atom. The van der Waals surface area contributed by atoms with Gasteiger partial charge in [-0.25, -0.2) is 0 Å². The summed E-state index contributed by atoms with van der Waals surface area (Å²) in [5, 5.41) is 3.64. The molecule has 1 atom stereocenters. The Labute approximate surface area is 121 Å². The first kappa shape index (κ1) is 13.9. The summed E-state index contributed by atoms with van der Waals surface area (Å²) in [5.41, 5.74) is 0.619. The maximum atomic E-state index is 12.1. The van der Waals surface area contributed by atoms with Crippen LogP contribution in [0.2, 0.25) is 5.02 Å². The molecule has 1 aromatic rings. The fourth-order valence-corrected chi connectivity index (χ4v) is 2.93. The molecule has 2 nitrogen and oxygen atoms in total. The van der Waals surface area contributed by atoms with Crippen molar-refractivity contribution >= 4 is 33.4 Å². The van der Waals surface area contributed by atoms with E-state index in [4.69, 9.17) is 11.6 Å². The zero-order valence-electron chi connectivity index (χ0n) is 10.4. The van der Waals surface area contributed by atoms with Gasteiger partial charge in [-0.05, 0) is 59.8 Å². The Balaban J connectivity index is 2.00. The monoisotopic (exact) mass is 329 g/mol. The molecule has 1 fully saturated rings. The van der Waals surface area contributed by atoms with Gasteiger partial charge in [0.2, 0.25) is 0 Å². The largest absolute Gasteiger partial charge is 0.349 e. The summed E-state index contributed by atoms with van der Waals surface area (Å²) in [7, 11) is 0. The van der Waals surface area contributed by atoms with Crippen LogP contribution < -0.4 is 5.32 Å². The average molecular weight is 331 g/mol. The molecule has 2 rings (SSSR count). The first-order chi connectivity index (χ1) is 8.58. The Kier molecular flexibility index (Phi) is 4.68. The van der Waals surface area contributed by atoms with Gasteiger partial charge >= 0.3 is 0 Å². The maximum Gasteiger partial charge on any atom is 0.251 e. The lowest BCUT2D eigenvalue weighted by Crippen LogP contribution is -2.37. The number of carbonyl (C=O) groups excluding carboxylic acids is 1. The minimum absolute atomic E-state index is 0.0381. The lowest BCUT2D eigenvalue weighted by Gasteiger charge is -2.20. The number of rotatable bonds is 3. The molecule has 1 aromatic carbocycles. The van der Waals surface area contributed by atoms with Crippen molar-refractivity contribution in [1.29, 1.82) is 0 Å². The standard InChI is InChI=1S/C14H17BrClNO/c1-9(10-4-2-3-5-10)17-14(18)11-6-7-12(15)13(16)8-11/h6-10H,2-5H2,1H3,(H,17,18). The first-order valence-corrected chi connectivity index (χ1v) is 7.51. The van der Waals surface area contributed by atoms with Crippen LogP contribution in [0.1, 0.15) is 43.0 Å². The van der Waals surface area contributed by atoms with Crippen molar-refractivity contribution in [3.05, 3.63) is 33.3 Å². The van der Waals surface area contributed by atoms with Crippen LogP contribution >= 0.6 is 27.5 Å². The van der Waals surface area contributed by atoms with Gasteiger partial charge in [-0.3, -0.25) is 4.79 Å². The molecule has 0 saturated heterocycles. The lowest BCUT2D eigenvalue weighted by molar-refractivity contribution is 0.0927. The summed E-state index contributed by atoms with van der Waals surface area (Å²) in [6.07, 6.45) is 5.02. The van der Waals surface area contributed by atoms with Crippen LogP contribution in [-0.4, -0.2) is 11.9 Å². The Hall–Kier alpha value is -0.540.